The number of aliphatic imine (C=N–C) groups is 1. The third-order valence-electron chi connectivity index (χ3n) is 5.89. The lowest BCUT2D eigenvalue weighted by Gasteiger charge is -2.26. The van der Waals surface area contributed by atoms with Crippen LogP contribution in [0.3, 0.4) is 0 Å². The summed E-state index contributed by atoms with van der Waals surface area (Å²) < 4.78 is 11.5. The molecule has 0 aliphatic carbocycles. The van der Waals surface area contributed by atoms with Gasteiger partial charge in [-0.3, -0.25) is 9.88 Å². The quantitative estimate of drug-likeness (QED) is 0.754. The topological polar surface area (TPSA) is 79.3 Å². The molecule has 2 bridgehead atoms. The minimum absolute atomic E-state index is 0.0253. The van der Waals surface area contributed by atoms with E-state index < -0.39 is 0 Å². The minimum Gasteiger partial charge on any atom is -0.490 e. The number of hydrogen-bond donors (Lipinski definition) is 1. The van der Waals surface area contributed by atoms with Gasteiger partial charge >= 0.3 is 6.03 Å². The fourth-order valence-corrected chi connectivity index (χ4v) is 4.17. The third kappa shape index (κ3) is 4.84. The lowest BCUT2D eigenvalue weighted by atomic mass is 10.1. The van der Waals surface area contributed by atoms with Gasteiger partial charge in [-0.15, -0.1) is 0 Å². The fraction of sp³-hybridized carbons (Fsp3) is 0.320. The Labute approximate surface area is 193 Å². The van der Waals surface area contributed by atoms with Gasteiger partial charge in [-0.2, -0.15) is 0 Å². The smallest absolute Gasteiger partial charge is 0.327 e. The normalized spacial score (nSPS) is 19.7. The summed E-state index contributed by atoms with van der Waals surface area (Å²) in [5, 5.41) is 3.01. The summed E-state index contributed by atoms with van der Waals surface area (Å²) in [7, 11) is 0. The number of anilines is 1. The Morgan fingerprint density at radius 3 is 2.91 bits per heavy atom. The highest BCUT2D eigenvalue weighted by Crippen LogP contribution is 2.32. The number of rotatable bonds is 2. The average molecular weight is 446 g/mol. The lowest BCUT2D eigenvalue weighted by molar-refractivity contribution is 0.223. The Hall–Kier alpha value is -3.81. The second-order valence-electron chi connectivity index (χ2n) is 8.31. The van der Waals surface area contributed by atoms with Gasteiger partial charge in [0.1, 0.15) is 0 Å². The van der Waals surface area contributed by atoms with E-state index in [0.29, 0.717) is 30.4 Å². The Kier molecular flexibility index (Phi) is 5.97. The molecule has 0 unspecified atom stereocenters. The highest BCUT2D eigenvalue weighted by molar-refractivity contribution is 5.98. The summed E-state index contributed by atoms with van der Waals surface area (Å²) in [6.07, 6.45) is 11.2. The zero-order valence-corrected chi connectivity index (χ0v) is 18.6. The van der Waals surface area contributed by atoms with Crippen LogP contribution in [0.25, 0.3) is 5.70 Å². The maximum atomic E-state index is 13.3. The minimum atomic E-state index is -0.227. The van der Waals surface area contributed by atoms with Gasteiger partial charge in [0.2, 0.25) is 0 Å². The van der Waals surface area contributed by atoms with Crippen LogP contribution in [0.2, 0.25) is 0 Å². The molecule has 0 saturated carbocycles. The van der Waals surface area contributed by atoms with Gasteiger partial charge in [0, 0.05) is 48.7 Å². The maximum absolute atomic E-state index is 13.3. The summed E-state index contributed by atoms with van der Waals surface area (Å²) in [6, 6.07) is 9.19. The Morgan fingerprint density at radius 1 is 1.15 bits per heavy atom. The first kappa shape index (κ1) is 21.1. The number of pyridine rings is 1. The summed E-state index contributed by atoms with van der Waals surface area (Å²) in [5.41, 5.74) is 3.30. The van der Waals surface area contributed by atoms with E-state index in [4.69, 9.17) is 14.5 Å². The Bertz CT molecular complexity index is 1130. The van der Waals surface area contributed by atoms with E-state index in [9.17, 15) is 4.79 Å². The molecule has 1 aromatic carbocycles. The van der Waals surface area contributed by atoms with Crippen LogP contribution in [0.5, 0.6) is 11.5 Å². The molecule has 2 aromatic rings. The number of benzene rings is 1. The molecule has 2 amide bonds. The van der Waals surface area contributed by atoms with Crippen molar-refractivity contribution in [2.75, 3.05) is 31.6 Å². The molecule has 170 valence electrons. The second-order valence-corrected chi connectivity index (χ2v) is 8.31. The van der Waals surface area contributed by atoms with Crippen LogP contribution in [0.15, 0.2) is 59.9 Å². The van der Waals surface area contributed by atoms with Gasteiger partial charge < -0.3 is 19.7 Å². The molecule has 4 heterocycles. The highest BCUT2D eigenvalue weighted by Gasteiger charge is 2.29. The maximum Gasteiger partial charge on any atom is 0.327 e. The van der Waals surface area contributed by atoms with Crippen molar-refractivity contribution in [1.82, 2.24) is 14.8 Å². The van der Waals surface area contributed by atoms with Crippen molar-refractivity contribution in [3.8, 4) is 11.5 Å². The molecule has 33 heavy (non-hydrogen) atoms. The summed E-state index contributed by atoms with van der Waals surface area (Å²) >= 11 is 0. The van der Waals surface area contributed by atoms with Gasteiger partial charge in [-0.05, 0) is 56.0 Å². The van der Waals surface area contributed by atoms with Crippen molar-refractivity contribution in [3.05, 3.63) is 66.1 Å². The number of fused-ring (bicyclic) bond motifs is 3. The SMILES string of the molecule is Cc1cc(C2=CC=CN3CC[C@@H](C3)N(C(=O)Nc3ccc4c(c3)OCCCO4)C=N2)ccn1. The fourth-order valence-electron chi connectivity index (χ4n) is 4.17. The van der Waals surface area contributed by atoms with E-state index in [0.717, 1.165) is 42.9 Å². The second kappa shape index (κ2) is 9.36. The number of carbonyl (C=O) groups is 1. The number of hydrogen-bond acceptors (Lipinski definition) is 6. The van der Waals surface area contributed by atoms with Crippen molar-refractivity contribution < 1.29 is 14.3 Å². The number of nitrogens with zero attached hydrogens (tertiary/aromatic N) is 4. The molecular formula is C25H27N5O3. The van der Waals surface area contributed by atoms with Crippen molar-refractivity contribution in [3.63, 3.8) is 0 Å². The van der Waals surface area contributed by atoms with Gasteiger partial charge in [0.05, 0.1) is 31.3 Å². The molecule has 8 heteroatoms. The van der Waals surface area contributed by atoms with Gasteiger partial charge in [0.25, 0.3) is 0 Å². The van der Waals surface area contributed by atoms with E-state index in [2.05, 4.69) is 21.4 Å². The number of amides is 2. The van der Waals surface area contributed by atoms with Gasteiger partial charge in [-0.1, -0.05) is 0 Å². The van der Waals surface area contributed by atoms with Crippen molar-refractivity contribution in [2.24, 2.45) is 4.99 Å². The van der Waals surface area contributed by atoms with E-state index in [1.807, 2.05) is 49.4 Å². The van der Waals surface area contributed by atoms with Crippen LogP contribution in [0.1, 0.15) is 24.1 Å². The number of carbonyl (C=O) groups excluding carboxylic acids is 1. The molecule has 3 aliphatic heterocycles. The van der Waals surface area contributed by atoms with Crippen LogP contribution in [-0.4, -0.2) is 59.5 Å². The summed E-state index contributed by atoms with van der Waals surface area (Å²) in [4.78, 5) is 26.2. The molecule has 1 atom stereocenters. The molecule has 0 spiro atoms. The Morgan fingerprint density at radius 2 is 2.03 bits per heavy atom. The molecular weight excluding hydrogens is 418 g/mol. The molecule has 1 fully saturated rings. The first-order valence-corrected chi connectivity index (χ1v) is 11.2. The molecule has 3 aliphatic rings. The molecule has 1 aromatic heterocycles. The molecule has 8 nitrogen and oxygen atoms in total. The largest absolute Gasteiger partial charge is 0.490 e. The zero-order chi connectivity index (χ0) is 22.6. The summed E-state index contributed by atoms with van der Waals surface area (Å²) in [5.74, 6) is 1.35. The molecule has 0 radical (unpaired) electrons. The van der Waals surface area contributed by atoms with Crippen LogP contribution >= 0.6 is 0 Å². The predicted octanol–water partition coefficient (Wildman–Crippen LogP) is 4.06. The monoisotopic (exact) mass is 445 g/mol. The number of ether oxygens (including phenoxy) is 2. The van der Waals surface area contributed by atoms with Crippen LogP contribution < -0.4 is 14.8 Å². The number of urea groups is 1. The van der Waals surface area contributed by atoms with E-state index >= 15 is 0 Å². The first-order valence-electron chi connectivity index (χ1n) is 11.2. The highest BCUT2D eigenvalue weighted by atomic mass is 16.5. The number of nitrogens with one attached hydrogen (secondary N) is 1. The van der Waals surface area contributed by atoms with Gasteiger partial charge in [0.15, 0.2) is 11.5 Å². The standard InChI is InChI=1S/C25H27N5O3/c1-18-14-19(7-9-26-18)22-4-2-10-29-11-8-21(16-29)30(17-27-22)25(31)28-20-5-6-23-24(15-20)33-13-3-12-32-23/h2,4-7,9-10,14-15,17,21H,3,8,11-13,16H2,1H3,(H,28,31)/t21-/m0/s1. The van der Waals surface area contributed by atoms with E-state index in [1.54, 1.807) is 17.4 Å². The Balaban J connectivity index is 1.40. The van der Waals surface area contributed by atoms with Crippen LogP contribution in [-0.2, 0) is 0 Å². The average Bonchev–Trinajstić information content (AvgIpc) is 3.13. The predicted molar refractivity (Wildman–Crippen MR) is 127 cm³/mol. The van der Waals surface area contributed by atoms with Crippen molar-refractivity contribution in [1.29, 1.82) is 0 Å². The summed E-state index contributed by atoms with van der Waals surface area (Å²) in [6.45, 7) is 4.82. The molecule has 5 rings (SSSR count). The van der Waals surface area contributed by atoms with Crippen LogP contribution in [0, 0.1) is 6.92 Å². The first-order chi connectivity index (χ1) is 16.2. The van der Waals surface area contributed by atoms with Crippen molar-refractivity contribution >= 4 is 23.8 Å². The lowest BCUT2D eigenvalue weighted by Crippen LogP contribution is -2.43. The molecule has 1 saturated heterocycles. The van der Waals surface area contributed by atoms with Gasteiger partial charge in [-0.25, -0.2) is 9.79 Å². The number of aromatic nitrogens is 1. The van der Waals surface area contributed by atoms with E-state index in [-0.39, 0.29) is 12.1 Å². The number of aryl methyl sites for hydroxylation is 1. The number of allylic oxidation sites excluding steroid dienone is 2. The van der Waals surface area contributed by atoms with Crippen LogP contribution in [0.4, 0.5) is 10.5 Å². The zero-order valence-electron chi connectivity index (χ0n) is 18.6. The molecule has 1 N–H and O–H groups in total. The third-order valence-corrected chi connectivity index (χ3v) is 5.89. The van der Waals surface area contributed by atoms with Crippen molar-refractivity contribution in [2.45, 2.75) is 25.8 Å². The van der Waals surface area contributed by atoms with E-state index in [1.165, 1.54) is 0 Å².